The summed E-state index contributed by atoms with van der Waals surface area (Å²) in [7, 11) is 0. The van der Waals surface area contributed by atoms with Crippen molar-refractivity contribution in [3.05, 3.63) is 41.2 Å². The smallest absolute Gasteiger partial charge is 0.328 e. The Balaban J connectivity index is 2.96. The number of carboxylic acids is 1. The first kappa shape index (κ1) is 11.3. The molecule has 0 heterocycles. The Bertz CT molecular complexity index is 400. The van der Waals surface area contributed by atoms with Gasteiger partial charge in [0.2, 0.25) is 0 Å². The summed E-state index contributed by atoms with van der Waals surface area (Å²) >= 11 is 0. The van der Waals surface area contributed by atoms with E-state index in [1.165, 1.54) is 6.07 Å². The van der Waals surface area contributed by atoms with Crippen LogP contribution in [0.4, 0.5) is 13.2 Å². The molecule has 1 aromatic rings. The first-order chi connectivity index (χ1) is 7.00. The lowest BCUT2D eigenvalue weighted by molar-refractivity contribution is -0.131. The summed E-state index contributed by atoms with van der Waals surface area (Å²) in [6.07, 6.45) is -0.945. The molecule has 1 aromatic carbocycles. The summed E-state index contributed by atoms with van der Waals surface area (Å²) in [4.78, 5) is 10.1. The van der Waals surface area contributed by atoms with Crippen molar-refractivity contribution in [1.82, 2.24) is 0 Å². The third-order valence-electron chi connectivity index (χ3n) is 1.68. The fraction of sp³-hybridized carbons (Fsp3) is 0.100. The topological polar surface area (TPSA) is 37.3 Å². The normalized spacial score (nSPS) is 11.2. The van der Waals surface area contributed by atoms with Crippen molar-refractivity contribution in [2.24, 2.45) is 0 Å². The zero-order valence-electron chi connectivity index (χ0n) is 7.45. The van der Waals surface area contributed by atoms with Gasteiger partial charge in [-0.15, -0.1) is 0 Å². The maximum atomic E-state index is 13.0. The zero-order valence-corrected chi connectivity index (χ0v) is 7.45. The van der Waals surface area contributed by atoms with E-state index in [2.05, 4.69) is 0 Å². The molecule has 2 nitrogen and oxygen atoms in total. The summed E-state index contributed by atoms with van der Waals surface area (Å²) in [5, 5.41) is 8.29. The first-order valence-electron chi connectivity index (χ1n) is 3.99. The van der Waals surface area contributed by atoms with Crippen LogP contribution >= 0.6 is 0 Å². The lowest BCUT2D eigenvalue weighted by atomic mass is 10.1. The van der Waals surface area contributed by atoms with Crippen molar-refractivity contribution in [2.75, 3.05) is 0 Å². The Kier molecular flexibility index (Phi) is 3.49. The average molecular weight is 216 g/mol. The summed E-state index contributed by atoms with van der Waals surface area (Å²) in [6.45, 7) is 0. The zero-order chi connectivity index (χ0) is 11.4. The van der Waals surface area contributed by atoms with Gasteiger partial charge in [-0.2, -0.15) is 0 Å². The number of carbonyl (C=O) groups is 1. The Morgan fingerprint density at radius 1 is 1.40 bits per heavy atom. The van der Waals surface area contributed by atoms with E-state index in [-0.39, 0.29) is 5.56 Å². The molecule has 0 aromatic heterocycles. The Hall–Kier alpha value is -1.78. The average Bonchev–Trinajstić information content (AvgIpc) is 2.14. The van der Waals surface area contributed by atoms with Crippen molar-refractivity contribution in [3.63, 3.8) is 0 Å². The van der Waals surface area contributed by atoms with E-state index >= 15 is 0 Å². The second-order valence-electron chi connectivity index (χ2n) is 2.75. The number of alkyl halides is 2. The van der Waals surface area contributed by atoms with Gasteiger partial charge < -0.3 is 5.11 Å². The van der Waals surface area contributed by atoms with E-state index in [0.717, 1.165) is 24.3 Å². The quantitative estimate of drug-likeness (QED) is 0.789. The van der Waals surface area contributed by atoms with Crippen LogP contribution in [0.3, 0.4) is 0 Å². The van der Waals surface area contributed by atoms with Gasteiger partial charge in [-0.25, -0.2) is 18.0 Å². The summed E-state index contributed by atoms with van der Waals surface area (Å²) < 4.78 is 37.2. The van der Waals surface area contributed by atoms with Crippen molar-refractivity contribution in [2.45, 2.75) is 6.43 Å². The molecule has 0 amide bonds. The van der Waals surface area contributed by atoms with Crippen LogP contribution in [0.25, 0.3) is 6.08 Å². The molecule has 5 heteroatoms. The van der Waals surface area contributed by atoms with E-state index in [1.807, 2.05) is 0 Å². The van der Waals surface area contributed by atoms with E-state index in [9.17, 15) is 18.0 Å². The van der Waals surface area contributed by atoms with Crippen molar-refractivity contribution in [1.29, 1.82) is 0 Å². The highest BCUT2D eigenvalue weighted by Gasteiger charge is 2.12. The van der Waals surface area contributed by atoms with Gasteiger partial charge in [0.15, 0.2) is 0 Å². The minimum Gasteiger partial charge on any atom is -0.478 e. The minimum absolute atomic E-state index is 0.222. The predicted octanol–water partition coefficient (Wildman–Crippen LogP) is 2.86. The molecule has 0 fully saturated rings. The Labute approximate surface area is 83.7 Å². The maximum absolute atomic E-state index is 13.0. The number of aliphatic carboxylic acids is 1. The molecule has 0 saturated carbocycles. The number of halogens is 3. The fourth-order valence-electron chi connectivity index (χ4n) is 0.992. The lowest BCUT2D eigenvalue weighted by Crippen LogP contribution is -1.91. The fourth-order valence-corrected chi connectivity index (χ4v) is 0.992. The number of rotatable bonds is 3. The van der Waals surface area contributed by atoms with Crippen LogP contribution in [0, 0.1) is 5.82 Å². The largest absolute Gasteiger partial charge is 0.478 e. The molecule has 80 valence electrons. The van der Waals surface area contributed by atoms with E-state index in [0.29, 0.717) is 0 Å². The molecule has 0 spiro atoms. The van der Waals surface area contributed by atoms with E-state index < -0.39 is 23.8 Å². The third kappa shape index (κ3) is 3.12. The molecular formula is C10H7F3O2. The molecule has 0 bridgehead atoms. The SMILES string of the molecule is O=C(O)C=Cc1ccc(C(F)F)c(F)c1. The van der Waals surface area contributed by atoms with E-state index in [1.54, 1.807) is 0 Å². The van der Waals surface area contributed by atoms with Crippen LogP contribution < -0.4 is 0 Å². The molecule has 15 heavy (non-hydrogen) atoms. The molecule has 0 aliphatic carbocycles. The predicted molar refractivity (Wildman–Crippen MR) is 48.0 cm³/mol. The van der Waals surface area contributed by atoms with Gasteiger partial charge in [0.25, 0.3) is 6.43 Å². The van der Waals surface area contributed by atoms with Crippen molar-refractivity contribution < 1.29 is 23.1 Å². The van der Waals surface area contributed by atoms with Crippen LogP contribution in [0.1, 0.15) is 17.6 Å². The van der Waals surface area contributed by atoms with Gasteiger partial charge in [-0.05, 0) is 23.8 Å². The highest BCUT2D eigenvalue weighted by Crippen LogP contribution is 2.22. The summed E-state index contributed by atoms with van der Waals surface area (Å²) in [6, 6.07) is 3.02. The molecule has 0 unspecified atom stereocenters. The van der Waals surface area contributed by atoms with Crippen LogP contribution in [-0.4, -0.2) is 11.1 Å². The molecule has 0 radical (unpaired) electrons. The number of carboxylic acid groups (broad SMARTS) is 1. The Morgan fingerprint density at radius 2 is 2.07 bits per heavy atom. The monoisotopic (exact) mass is 216 g/mol. The van der Waals surface area contributed by atoms with Crippen molar-refractivity contribution in [3.8, 4) is 0 Å². The van der Waals surface area contributed by atoms with Crippen LogP contribution in [0.15, 0.2) is 24.3 Å². The van der Waals surface area contributed by atoms with Crippen LogP contribution in [-0.2, 0) is 4.79 Å². The maximum Gasteiger partial charge on any atom is 0.328 e. The second-order valence-corrected chi connectivity index (χ2v) is 2.75. The minimum atomic E-state index is -2.87. The molecule has 1 N–H and O–H groups in total. The number of hydrogen-bond donors (Lipinski definition) is 1. The lowest BCUT2D eigenvalue weighted by Gasteiger charge is -2.01. The van der Waals surface area contributed by atoms with Crippen LogP contribution in [0.5, 0.6) is 0 Å². The summed E-state index contributed by atoms with van der Waals surface area (Å²) in [5.41, 5.74) is -0.471. The molecule has 1 rings (SSSR count). The van der Waals surface area contributed by atoms with Crippen LogP contribution in [0.2, 0.25) is 0 Å². The highest BCUT2D eigenvalue weighted by molar-refractivity contribution is 5.85. The molecule has 0 aliphatic heterocycles. The highest BCUT2D eigenvalue weighted by atomic mass is 19.3. The molecule has 0 atom stereocenters. The first-order valence-corrected chi connectivity index (χ1v) is 3.99. The molecule has 0 saturated heterocycles. The van der Waals surface area contributed by atoms with Gasteiger partial charge in [0, 0.05) is 6.08 Å². The number of benzene rings is 1. The van der Waals surface area contributed by atoms with Gasteiger partial charge in [-0.1, -0.05) is 6.07 Å². The standard InChI is InChI=1S/C10H7F3O2/c11-8-5-6(2-4-9(14)15)1-3-7(8)10(12)13/h1-5,10H,(H,14,15). The van der Waals surface area contributed by atoms with Gasteiger partial charge in [0.1, 0.15) is 5.82 Å². The molecule has 0 aliphatic rings. The second kappa shape index (κ2) is 4.63. The van der Waals surface area contributed by atoms with Gasteiger partial charge in [-0.3, -0.25) is 0 Å². The van der Waals surface area contributed by atoms with Gasteiger partial charge >= 0.3 is 5.97 Å². The number of hydrogen-bond acceptors (Lipinski definition) is 1. The summed E-state index contributed by atoms with van der Waals surface area (Å²) in [5.74, 6) is -2.23. The molecular weight excluding hydrogens is 209 g/mol. The van der Waals surface area contributed by atoms with Crippen molar-refractivity contribution >= 4 is 12.0 Å². The van der Waals surface area contributed by atoms with E-state index in [4.69, 9.17) is 5.11 Å². The van der Waals surface area contributed by atoms with Gasteiger partial charge in [0.05, 0.1) is 5.56 Å². The third-order valence-corrected chi connectivity index (χ3v) is 1.68. The Morgan fingerprint density at radius 3 is 2.53 bits per heavy atom.